The number of fused-ring (bicyclic) bond motifs is 1. The Labute approximate surface area is 167 Å². The van der Waals surface area contributed by atoms with Crippen LogP contribution in [0.5, 0.6) is 5.75 Å². The topological polar surface area (TPSA) is 97.6 Å². The predicted molar refractivity (Wildman–Crippen MR) is 105 cm³/mol. The minimum atomic E-state index is -0.333. The van der Waals surface area contributed by atoms with Gasteiger partial charge in [0.15, 0.2) is 12.3 Å². The first kappa shape index (κ1) is 18.7. The maximum atomic E-state index is 12.3. The second-order valence-corrected chi connectivity index (χ2v) is 6.69. The molecule has 3 heterocycles. The van der Waals surface area contributed by atoms with Crippen molar-refractivity contribution in [2.45, 2.75) is 19.9 Å². The van der Waals surface area contributed by atoms with Crippen LogP contribution in [0.15, 0.2) is 53.3 Å². The number of pyridine rings is 1. The van der Waals surface area contributed by atoms with Crippen molar-refractivity contribution in [3.63, 3.8) is 0 Å². The Morgan fingerprint density at radius 1 is 1.28 bits per heavy atom. The third-order valence-electron chi connectivity index (χ3n) is 4.53. The van der Waals surface area contributed by atoms with E-state index in [2.05, 4.69) is 15.3 Å². The van der Waals surface area contributed by atoms with Gasteiger partial charge in [-0.05, 0) is 36.8 Å². The quantitative estimate of drug-likeness (QED) is 0.691. The van der Waals surface area contributed by atoms with E-state index >= 15 is 0 Å². The summed E-state index contributed by atoms with van der Waals surface area (Å²) in [5.74, 6) is 0.389. The summed E-state index contributed by atoms with van der Waals surface area (Å²) in [6.07, 6.45) is 3.64. The van der Waals surface area contributed by atoms with E-state index in [-0.39, 0.29) is 36.6 Å². The second-order valence-electron chi connectivity index (χ2n) is 6.69. The Hall–Kier alpha value is -3.68. The first-order chi connectivity index (χ1) is 14.1. The van der Waals surface area contributed by atoms with E-state index in [9.17, 15) is 9.59 Å². The zero-order chi connectivity index (χ0) is 20.2. The molecule has 1 aliphatic rings. The number of anilines is 1. The van der Waals surface area contributed by atoms with Crippen LogP contribution in [0.25, 0.3) is 0 Å². The molecule has 2 aromatic heterocycles. The van der Waals surface area contributed by atoms with Crippen LogP contribution < -0.4 is 15.0 Å². The fraction of sp³-hybridized carbons (Fsp3) is 0.238. The maximum Gasteiger partial charge on any atom is 0.273 e. The summed E-state index contributed by atoms with van der Waals surface area (Å²) < 4.78 is 10.9. The molecule has 0 atom stereocenters. The molecular formula is C21H20N4O4. The smallest absolute Gasteiger partial charge is 0.273 e. The van der Waals surface area contributed by atoms with Gasteiger partial charge < -0.3 is 14.5 Å². The van der Waals surface area contributed by atoms with Gasteiger partial charge in [-0.25, -0.2) is 4.98 Å². The monoisotopic (exact) mass is 392 g/mol. The molecule has 1 aromatic carbocycles. The Balaban J connectivity index is 1.40. The van der Waals surface area contributed by atoms with Gasteiger partial charge in [0.1, 0.15) is 18.6 Å². The molecule has 148 valence electrons. The van der Waals surface area contributed by atoms with Gasteiger partial charge in [-0.3, -0.25) is 19.5 Å². The van der Waals surface area contributed by atoms with Crippen LogP contribution in [-0.4, -0.2) is 34.9 Å². The van der Waals surface area contributed by atoms with Gasteiger partial charge >= 0.3 is 0 Å². The number of ether oxygens (including phenoxy) is 1. The fourth-order valence-corrected chi connectivity index (χ4v) is 3.05. The van der Waals surface area contributed by atoms with Gasteiger partial charge in [0, 0.05) is 24.9 Å². The molecule has 0 saturated carbocycles. The van der Waals surface area contributed by atoms with Gasteiger partial charge in [0.05, 0.1) is 5.69 Å². The van der Waals surface area contributed by atoms with Crippen LogP contribution in [0.4, 0.5) is 5.69 Å². The molecule has 0 bridgehead atoms. The van der Waals surface area contributed by atoms with E-state index < -0.39 is 0 Å². The van der Waals surface area contributed by atoms with Crippen molar-refractivity contribution in [3.8, 4) is 5.75 Å². The molecule has 0 unspecified atom stereocenters. The summed E-state index contributed by atoms with van der Waals surface area (Å²) in [5, 5.41) is 2.79. The summed E-state index contributed by atoms with van der Waals surface area (Å²) in [7, 11) is 0. The highest BCUT2D eigenvalue weighted by Gasteiger charge is 2.27. The number of nitrogens with one attached hydrogen (secondary N) is 1. The van der Waals surface area contributed by atoms with Crippen molar-refractivity contribution in [3.05, 3.63) is 71.7 Å². The molecule has 1 aliphatic heterocycles. The van der Waals surface area contributed by atoms with E-state index in [1.807, 2.05) is 43.3 Å². The molecule has 2 amide bonds. The number of hydrogen-bond acceptors (Lipinski definition) is 6. The molecule has 4 rings (SSSR count). The zero-order valence-corrected chi connectivity index (χ0v) is 15.9. The normalized spacial score (nSPS) is 13.0. The Morgan fingerprint density at radius 2 is 2.17 bits per heavy atom. The lowest BCUT2D eigenvalue weighted by Crippen LogP contribution is -2.38. The van der Waals surface area contributed by atoms with Gasteiger partial charge in [-0.1, -0.05) is 12.1 Å². The molecule has 0 radical (unpaired) electrons. The summed E-state index contributed by atoms with van der Waals surface area (Å²) in [4.78, 5) is 34.6. The number of carbonyl (C=O) groups is 2. The average Bonchev–Trinajstić information content (AvgIpc) is 3.20. The summed E-state index contributed by atoms with van der Waals surface area (Å²) in [5.41, 5.74) is 2.74. The zero-order valence-electron chi connectivity index (χ0n) is 15.9. The number of aromatic nitrogens is 2. The number of carbonyl (C=O) groups excluding carboxylic acids is 2. The van der Waals surface area contributed by atoms with E-state index in [0.29, 0.717) is 24.4 Å². The van der Waals surface area contributed by atoms with Gasteiger partial charge in [-0.2, -0.15) is 0 Å². The number of amides is 2. The Morgan fingerprint density at radius 3 is 3.00 bits per heavy atom. The minimum absolute atomic E-state index is 0.0440. The Bertz CT molecular complexity index is 1030. The molecule has 8 heteroatoms. The lowest BCUT2D eigenvalue weighted by molar-refractivity contribution is -0.121. The van der Waals surface area contributed by atoms with Crippen LogP contribution in [0, 0.1) is 6.92 Å². The molecular weight excluding hydrogens is 372 g/mol. The number of hydrogen-bond donors (Lipinski definition) is 1. The summed E-state index contributed by atoms with van der Waals surface area (Å²) >= 11 is 0. The Kier molecular flexibility index (Phi) is 5.24. The van der Waals surface area contributed by atoms with Crippen LogP contribution in [0.1, 0.15) is 27.6 Å². The highest BCUT2D eigenvalue weighted by atomic mass is 16.5. The molecule has 1 N–H and O–H groups in total. The second kappa shape index (κ2) is 8.14. The van der Waals surface area contributed by atoms with Crippen molar-refractivity contribution < 1.29 is 18.7 Å². The van der Waals surface area contributed by atoms with Crippen molar-refractivity contribution >= 4 is 17.5 Å². The lowest BCUT2D eigenvalue weighted by atomic mass is 10.1. The first-order valence-corrected chi connectivity index (χ1v) is 9.26. The number of aryl methyl sites for hydroxylation is 1. The van der Waals surface area contributed by atoms with Crippen LogP contribution >= 0.6 is 0 Å². The SMILES string of the molecule is Cc1ccc2c(c1)N(Cc1nc(C(=O)NCCc3ccccn3)co1)C(=O)CO2. The van der Waals surface area contributed by atoms with E-state index in [1.165, 1.54) is 6.26 Å². The average molecular weight is 392 g/mol. The number of benzene rings is 1. The number of oxazole rings is 1. The molecule has 0 aliphatic carbocycles. The maximum absolute atomic E-state index is 12.3. The summed E-state index contributed by atoms with van der Waals surface area (Å²) in [6.45, 7) is 2.46. The standard InChI is InChI=1S/C21H20N4O4/c1-14-5-6-18-17(10-14)25(20(26)13-28-18)11-19-24-16(12-29-19)21(27)23-9-7-15-4-2-3-8-22-15/h2-6,8,10,12H,7,9,11,13H2,1H3,(H,23,27). The third kappa shape index (κ3) is 4.26. The molecule has 8 nitrogen and oxygen atoms in total. The van der Waals surface area contributed by atoms with E-state index in [4.69, 9.17) is 9.15 Å². The largest absolute Gasteiger partial charge is 0.482 e. The van der Waals surface area contributed by atoms with Crippen molar-refractivity contribution in [1.29, 1.82) is 0 Å². The van der Waals surface area contributed by atoms with E-state index in [0.717, 1.165) is 11.3 Å². The van der Waals surface area contributed by atoms with Crippen molar-refractivity contribution in [1.82, 2.24) is 15.3 Å². The summed E-state index contributed by atoms with van der Waals surface area (Å²) in [6, 6.07) is 11.3. The lowest BCUT2D eigenvalue weighted by Gasteiger charge is -2.28. The van der Waals surface area contributed by atoms with Crippen LogP contribution in [0.3, 0.4) is 0 Å². The fourth-order valence-electron chi connectivity index (χ4n) is 3.05. The third-order valence-corrected chi connectivity index (χ3v) is 4.53. The minimum Gasteiger partial charge on any atom is -0.482 e. The molecule has 3 aromatic rings. The van der Waals surface area contributed by atoms with Crippen molar-refractivity contribution in [2.24, 2.45) is 0 Å². The molecule has 29 heavy (non-hydrogen) atoms. The van der Waals surface area contributed by atoms with Crippen LogP contribution in [0.2, 0.25) is 0 Å². The highest BCUT2D eigenvalue weighted by molar-refractivity contribution is 5.97. The molecule has 0 saturated heterocycles. The highest BCUT2D eigenvalue weighted by Crippen LogP contribution is 2.33. The van der Waals surface area contributed by atoms with Gasteiger partial charge in [0.25, 0.3) is 11.8 Å². The van der Waals surface area contributed by atoms with Gasteiger partial charge in [0.2, 0.25) is 5.89 Å². The number of nitrogens with zero attached hydrogens (tertiary/aromatic N) is 3. The molecule has 0 fully saturated rings. The predicted octanol–water partition coefficient (Wildman–Crippen LogP) is 2.28. The first-order valence-electron chi connectivity index (χ1n) is 9.26. The van der Waals surface area contributed by atoms with Crippen molar-refractivity contribution in [2.75, 3.05) is 18.1 Å². The van der Waals surface area contributed by atoms with Crippen LogP contribution in [-0.2, 0) is 17.8 Å². The molecule has 0 spiro atoms. The van der Waals surface area contributed by atoms with E-state index in [1.54, 1.807) is 11.1 Å². The number of rotatable bonds is 6. The van der Waals surface area contributed by atoms with Gasteiger partial charge in [-0.15, -0.1) is 0 Å².